The van der Waals surface area contributed by atoms with Gasteiger partial charge in [0, 0.05) is 11.8 Å². The summed E-state index contributed by atoms with van der Waals surface area (Å²) < 4.78 is 44.5. The summed E-state index contributed by atoms with van der Waals surface area (Å²) in [6, 6.07) is 0.956. The van der Waals surface area contributed by atoms with Gasteiger partial charge in [-0.05, 0) is 32.9 Å². The van der Waals surface area contributed by atoms with E-state index in [-0.39, 0.29) is 17.0 Å². The molecule has 0 spiro atoms. The van der Waals surface area contributed by atoms with E-state index >= 15 is 0 Å². The van der Waals surface area contributed by atoms with Crippen molar-refractivity contribution in [3.8, 4) is 0 Å². The van der Waals surface area contributed by atoms with Crippen molar-refractivity contribution in [3.05, 3.63) is 34.7 Å². The second-order valence-corrected chi connectivity index (χ2v) is 5.03. The molecule has 1 atom stereocenters. The van der Waals surface area contributed by atoms with Crippen LogP contribution in [0.5, 0.6) is 0 Å². The molecule has 0 saturated heterocycles. The van der Waals surface area contributed by atoms with Crippen LogP contribution >= 0.6 is 0 Å². The third kappa shape index (κ3) is 3.44. The first-order valence-electron chi connectivity index (χ1n) is 6.45. The van der Waals surface area contributed by atoms with Crippen LogP contribution in [0, 0.1) is 0 Å². The second-order valence-electron chi connectivity index (χ2n) is 5.03. The van der Waals surface area contributed by atoms with Crippen LogP contribution in [0.25, 0.3) is 6.08 Å². The molecule has 1 amide bonds. The Morgan fingerprint density at radius 2 is 2.09 bits per heavy atom. The fraction of sp³-hybridized carbons (Fsp3) is 0.357. The van der Waals surface area contributed by atoms with Crippen LogP contribution in [0.4, 0.5) is 18.0 Å². The van der Waals surface area contributed by atoms with Crippen molar-refractivity contribution < 1.29 is 22.7 Å². The number of aromatic nitrogens is 1. The summed E-state index contributed by atoms with van der Waals surface area (Å²) in [5.74, 6) is 0. The number of halogens is 3. The van der Waals surface area contributed by atoms with Crippen molar-refractivity contribution in [1.82, 2.24) is 10.4 Å². The average Bonchev–Trinajstić information content (AvgIpc) is 2.37. The lowest BCUT2D eigenvalue weighted by Gasteiger charge is -2.21. The quantitative estimate of drug-likeness (QED) is 0.910. The Hall–Kier alpha value is -2.38. The average molecular weight is 313 g/mol. The number of alkyl halides is 3. The molecule has 2 rings (SSSR count). The molecule has 0 bridgehead atoms. The van der Waals surface area contributed by atoms with Gasteiger partial charge in [0.05, 0.1) is 11.3 Å². The van der Waals surface area contributed by atoms with Gasteiger partial charge in [0.1, 0.15) is 11.8 Å². The van der Waals surface area contributed by atoms with Crippen LogP contribution < -0.4 is 5.43 Å². The van der Waals surface area contributed by atoms with Gasteiger partial charge in [0.2, 0.25) is 0 Å². The van der Waals surface area contributed by atoms with Crippen molar-refractivity contribution in [2.75, 3.05) is 0 Å². The molecule has 1 aromatic heterocycles. The Morgan fingerprint density at radius 3 is 2.64 bits per heavy atom. The fourth-order valence-electron chi connectivity index (χ4n) is 1.97. The summed E-state index contributed by atoms with van der Waals surface area (Å²) in [7, 11) is 0. The molecule has 118 valence electrons. The number of nitrogens with one attached hydrogen (secondary N) is 1. The van der Waals surface area contributed by atoms with Crippen LogP contribution in [0.15, 0.2) is 22.9 Å². The van der Waals surface area contributed by atoms with E-state index in [1.807, 2.05) is 0 Å². The van der Waals surface area contributed by atoms with Crippen LogP contribution in [-0.4, -0.2) is 22.9 Å². The largest absolute Gasteiger partial charge is 0.439 e. The maximum Gasteiger partial charge on any atom is 0.428 e. The Labute approximate surface area is 124 Å². The van der Waals surface area contributed by atoms with Gasteiger partial charge in [0.15, 0.2) is 0 Å². The van der Waals surface area contributed by atoms with Gasteiger partial charge < -0.3 is 4.74 Å². The van der Waals surface area contributed by atoms with Crippen LogP contribution in [0.1, 0.15) is 37.6 Å². The Balaban J connectivity index is 2.52. The number of cyclic esters (lactones) is 1. The first-order valence-corrected chi connectivity index (χ1v) is 6.45. The number of hydrogen-bond acceptors (Lipinski definition) is 4. The molecule has 0 aliphatic carbocycles. The molecule has 1 unspecified atom stereocenters. The summed E-state index contributed by atoms with van der Waals surface area (Å²) >= 11 is 0. The SMILES string of the molecule is CC(C)=Cc1ncc(C2=NNC(=O)OC2C)cc1C(F)(F)F. The highest BCUT2D eigenvalue weighted by Crippen LogP contribution is 2.33. The van der Waals surface area contributed by atoms with Gasteiger partial charge in [0.25, 0.3) is 0 Å². The maximum absolute atomic E-state index is 13.2. The standard InChI is InChI=1S/C14H14F3N3O2/c1-7(2)4-11-10(14(15,16)17)5-9(6-18-11)12-8(3)22-13(21)20-19-12/h4-6,8H,1-3H3,(H,20,21). The van der Waals surface area contributed by atoms with Gasteiger partial charge >= 0.3 is 12.3 Å². The normalized spacial score (nSPS) is 18.2. The third-order valence-corrected chi connectivity index (χ3v) is 2.88. The number of carbonyl (C=O) groups is 1. The first kappa shape index (κ1) is 16.0. The van der Waals surface area contributed by atoms with Crippen molar-refractivity contribution in [2.45, 2.75) is 33.1 Å². The van der Waals surface area contributed by atoms with Crippen LogP contribution in [0.3, 0.4) is 0 Å². The topological polar surface area (TPSA) is 63.6 Å². The lowest BCUT2D eigenvalue weighted by Crippen LogP contribution is -2.37. The molecule has 1 N–H and O–H groups in total. The van der Waals surface area contributed by atoms with Gasteiger partial charge in [-0.3, -0.25) is 4.98 Å². The first-order chi connectivity index (χ1) is 10.2. The summed E-state index contributed by atoms with van der Waals surface area (Å²) in [6.07, 6.45) is -3.42. The van der Waals surface area contributed by atoms with Crippen molar-refractivity contribution in [1.29, 1.82) is 0 Å². The van der Waals surface area contributed by atoms with E-state index in [0.29, 0.717) is 5.57 Å². The van der Waals surface area contributed by atoms with Crippen molar-refractivity contribution in [3.63, 3.8) is 0 Å². The van der Waals surface area contributed by atoms with Gasteiger partial charge in [-0.2, -0.15) is 18.3 Å². The molecule has 5 nitrogen and oxygen atoms in total. The molecule has 0 radical (unpaired) electrons. The summed E-state index contributed by atoms with van der Waals surface area (Å²) in [4.78, 5) is 14.9. The molecule has 0 aromatic carbocycles. The van der Waals surface area contributed by atoms with E-state index in [1.54, 1.807) is 13.8 Å². The fourth-order valence-corrected chi connectivity index (χ4v) is 1.97. The van der Waals surface area contributed by atoms with Crippen molar-refractivity contribution >= 4 is 17.9 Å². The van der Waals surface area contributed by atoms with E-state index in [1.165, 1.54) is 19.2 Å². The Bertz CT molecular complexity index is 662. The van der Waals surface area contributed by atoms with Gasteiger partial charge in [-0.1, -0.05) is 5.57 Å². The number of hydrogen-bond donors (Lipinski definition) is 1. The molecule has 1 aromatic rings. The number of rotatable bonds is 2. The third-order valence-electron chi connectivity index (χ3n) is 2.88. The Morgan fingerprint density at radius 1 is 1.41 bits per heavy atom. The predicted molar refractivity (Wildman–Crippen MR) is 74.2 cm³/mol. The zero-order valence-electron chi connectivity index (χ0n) is 12.2. The van der Waals surface area contributed by atoms with Crippen LogP contribution in [-0.2, 0) is 10.9 Å². The number of pyridine rings is 1. The zero-order valence-corrected chi connectivity index (χ0v) is 12.2. The van der Waals surface area contributed by atoms with E-state index < -0.39 is 23.9 Å². The maximum atomic E-state index is 13.2. The number of amides is 1. The molecule has 1 aliphatic rings. The summed E-state index contributed by atoms with van der Waals surface area (Å²) in [5.41, 5.74) is 2.07. The summed E-state index contributed by atoms with van der Waals surface area (Å²) in [5, 5.41) is 3.74. The van der Waals surface area contributed by atoms with E-state index in [9.17, 15) is 18.0 Å². The minimum Gasteiger partial charge on any atom is -0.439 e. The lowest BCUT2D eigenvalue weighted by atomic mass is 10.0. The van der Waals surface area contributed by atoms with E-state index in [4.69, 9.17) is 4.74 Å². The Kier molecular flexibility index (Phi) is 4.20. The highest BCUT2D eigenvalue weighted by molar-refractivity contribution is 6.05. The molecule has 1 aliphatic heterocycles. The number of nitrogens with zero attached hydrogens (tertiary/aromatic N) is 2. The molecule has 0 saturated carbocycles. The summed E-state index contributed by atoms with van der Waals surface area (Å²) in [6.45, 7) is 4.90. The minimum atomic E-state index is -4.55. The molecular weight excluding hydrogens is 299 g/mol. The predicted octanol–water partition coefficient (Wildman–Crippen LogP) is 3.36. The molecule has 0 fully saturated rings. The highest BCUT2D eigenvalue weighted by Gasteiger charge is 2.35. The van der Waals surface area contributed by atoms with Crippen molar-refractivity contribution in [2.24, 2.45) is 5.10 Å². The zero-order chi connectivity index (χ0) is 16.5. The van der Waals surface area contributed by atoms with Crippen LogP contribution in [0.2, 0.25) is 0 Å². The second kappa shape index (κ2) is 5.78. The molecular formula is C14H14F3N3O2. The monoisotopic (exact) mass is 313 g/mol. The number of carbonyl (C=O) groups excluding carboxylic acids is 1. The molecule has 2 heterocycles. The smallest absolute Gasteiger partial charge is 0.428 e. The van der Waals surface area contributed by atoms with Gasteiger partial charge in [-0.25, -0.2) is 10.2 Å². The molecule has 22 heavy (non-hydrogen) atoms. The van der Waals surface area contributed by atoms with E-state index in [0.717, 1.165) is 6.07 Å². The number of hydrazone groups is 1. The highest BCUT2D eigenvalue weighted by atomic mass is 19.4. The van der Waals surface area contributed by atoms with Gasteiger partial charge in [-0.15, -0.1) is 0 Å². The minimum absolute atomic E-state index is 0.144. The lowest BCUT2D eigenvalue weighted by molar-refractivity contribution is -0.138. The number of allylic oxidation sites excluding steroid dienone is 1. The number of ether oxygens (including phenoxy) is 1. The molecule has 8 heteroatoms. The van der Waals surface area contributed by atoms with E-state index in [2.05, 4.69) is 15.5 Å².